The Labute approximate surface area is 198 Å². The maximum absolute atomic E-state index is 12.6. The largest absolute Gasteiger partial charge is 0.481 e. The van der Waals surface area contributed by atoms with Gasteiger partial charge in [-0.05, 0) is 49.7 Å². The number of aryl methyl sites for hydroxylation is 1. The van der Waals surface area contributed by atoms with Gasteiger partial charge in [0.25, 0.3) is 0 Å². The average molecular weight is 468 g/mol. The smallest absolute Gasteiger partial charge is 0.306 e. The fourth-order valence-electron chi connectivity index (χ4n) is 6.30. The number of nitrogens with zero attached hydrogens (tertiary/aromatic N) is 4. The van der Waals surface area contributed by atoms with Crippen molar-refractivity contribution in [3.63, 3.8) is 0 Å². The van der Waals surface area contributed by atoms with Gasteiger partial charge in [-0.25, -0.2) is 9.50 Å². The number of amides is 1. The van der Waals surface area contributed by atoms with Crippen molar-refractivity contribution in [3.05, 3.63) is 23.7 Å². The Morgan fingerprint density at radius 1 is 1.29 bits per heavy atom. The Kier molecular flexibility index (Phi) is 4.60. The molecule has 182 valence electrons. The van der Waals surface area contributed by atoms with E-state index in [0.717, 1.165) is 24.3 Å². The third-order valence-corrected chi connectivity index (χ3v) is 8.91. The quantitative estimate of drug-likeness (QED) is 0.672. The summed E-state index contributed by atoms with van der Waals surface area (Å²) in [7, 11) is 0. The predicted molar refractivity (Wildman–Crippen MR) is 125 cm³/mol. The molecule has 1 amide bonds. The third-order valence-electron chi connectivity index (χ3n) is 8.91. The van der Waals surface area contributed by atoms with Crippen LogP contribution in [0, 0.1) is 24.2 Å². The summed E-state index contributed by atoms with van der Waals surface area (Å²) in [6.07, 6.45) is 6.62. The van der Waals surface area contributed by atoms with Crippen LogP contribution in [-0.4, -0.2) is 56.8 Å². The van der Waals surface area contributed by atoms with Gasteiger partial charge < -0.3 is 20.1 Å². The lowest BCUT2D eigenvalue weighted by molar-refractivity contribution is -0.149. The standard InChI is InChI=1S/C25H33N5O4/c1-4-23(3)5-6-29(13-23)18-7-15(2)19-26-22(28-30(19)10-18)25-11-24(12-25,14-34-25)27-20(31)16-8-17(9-16)21(32)33/h7,10,16-17H,4-6,8-9,11-14H2,1-3H3,(H,27,31)(H,32,33)/t16?,17?,23-,24?,25?/m0/s1. The normalized spacial score (nSPS) is 36.4. The second-order valence-electron chi connectivity index (χ2n) is 11.5. The number of carboxylic acid groups (broad SMARTS) is 1. The zero-order chi connectivity index (χ0) is 23.9. The summed E-state index contributed by atoms with van der Waals surface area (Å²) in [6.45, 7) is 9.26. The SMILES string of the molecule is CC[C@@]1(C)CCN(c2cc(C)c3nc(C45CC(NC(=O)C6CC(C(=O)O)C6)(CO4)C5)nn3c2)C1. The van der Waals surface area contributed by atoms with Gasteiger partial charge in [-0.2, -0.15) is 0 Å². The van der Waals surface area contributed by atoms with Gasteiger partial charge in [0.2, 0.25) is 5.91 Å². The molecule has 3 saturated heterocycles. The summed E-state index contributed by atoms with van der Waals surface area (Å²) in [5, 5.41) is 17.0. The summed E-state index contributed by atoms with van der Waals surface area (Å²) in [5.41, 5.74) is 2.54. The molecule has 0 spiro atoms. The van der Waals surface area contributed by atoms with Crippen LogP contribution in [0.2, 0.25) is 0 Å². The Balaban J connectivity index is 1.17. The second-order valence-corrected chi connectivity index (χ2v) is 11.5. The number of carbonyl (C=O) groups excluding carboxylic acids is 1. The molecule has 2 aliphatic carbocycles. The molecule has 5 heterocycles. The van der Waals surface area contributed by atoms with Crippen molar-refractivity contribution in [2.24, 2.45) is 17.3 Å². The lowest BCUT2D eigenvalue weighted by atomic mass is 9.67. The number of ether oxygens (including phenoxy) is 1. The van der Waals surface area contributed by atoms with Crippen molar-refractivity contribution in [1.82, 2.24) is 19.9 Å². The number of rotatable bonds is 6. The van der Waals surface area contributed by atoms with Gasteiger partial charge >= 0.3 is 5.97 Å². The first-order chi connectivity index (χ1) is 16.1. The van der Waals surface area contributed by atoms with E-state index in [0.29, 0.717) is 43.5 Å². The van der Waals surface area contributed by atoms with E-state index in [1.807, 2.05) is 4.52 Å². The first-order valence-corrected chi connectivity index (χ1v) is 12.4. The second kappa shape index (κ2) is 7.16. The molecule has 3 aliphatic heterocycles. The summed E-state index contributed by atoms with van der Waals surface area (Å²) >= 11 is 0. The van der Waals surface area contributed by atoms with Crippen LogP contribution in [-0.2, 0) is 19.9 Å². The highest BCUT2D eigenvalue weighted by Gasteiger charge is 2.66. The van der Waals surface area contributed by atoms with E-state index in [1.165, 1.54) is 18.5 Å². The van der Waals surface area contributed by atoms with Crippen molar-refractivity contribution < 1.29 is 19.4 Å². The monoisotopic (exact) mass is 467 g/mol. The van der Waals surface area contributed by atoms with Crippen LogP contribution in [0.3, 0.4) is 0 Å². The van der Waals surface area contributed by atoms with Crippen LogP contribution < -0.4 is 10.2 Å². The van der Waals surface area contributed by atoms with Gasteiger partial charge in [0, 0.05) is 31.8 Å². The van der Waals surface area contributed by atoms with Crippen molar-refractivity contribution in [2.75, 3.05) is 24.6 Å². The molecule has 2 aromatic rings. The van der Waals surface area contributed by atoms with Crippen molar-refractivity contribution in [3.8, 4) is 0 Å². The van der Waals surface area contributed by atoms with E-state index in [-0.39, 0.29) is 23.3 Å². The number of nitrogens with one attached hydrogen (secondary N) is 1. The zero-order valence-electron chi connectivity index (χ0n) is 20.1. The van der Waals surface area contributed by atoms with Crippen molar-refractivity contribution in [2.45, 2.75) is 70.4 Å². The van der Waals surface area contributed by atoms with Gasteiger partial charge in [0.05, 0.1) is 29.9 Å². The van der Waals surface area contributed by atoms with Crippen LogP contribution in [0.25, 0.3) is 5.65 Å². The molecule has 0 aromatic carbocycles. The summed E-state index contributed by atoms with van der Waals surface area (Å²) in [6, 6.07) is 2.21. The Morgan fingerprint density at radius 2 is 2.06 bits per heavy atom. The highest BCUT2D eigenvalue weighted by molar-refractivity contribution is 5.83. The number of hydrogen-bond acceptors (Lipinski definition) is 6. The molecule has 0 unspecified atom stereocenters. The Bertz CT molecular complexity index is 1180. The van der Waals surface area contributed by atoms with Gasteiger partial charge in [-0.15, -0.1) is 5.10 Å². The maximum atomic E-state index is 12.6. The zero-order valence-corrected chi connectivity index (χ0v) is 20.1. The van der Waals surface area contributed by atoms with Crippen LogP contribution in [0.1, 0.15) is 63.8 Å². The maximum Gasteiger partial charge on any atom is 0.306 e. The molecular formula is C25H33N5O4. The topological polar surface area (TPSA) is 109 Å². The van der Waals surface area contributed by atoms with E-state index in [2.05, 4.69) is 43.3 Å². The Morgan fingerprint density at radius 3 is 2.74 bits per heavy atom. The predicted octanol–water partition coefficient (Wildman–Crippen LogP) is 2.65. The van der Waals surface area contributed by atoms with Gasteiger partial charge in [-0.3, -0.25) is 9.59 Å². The van der Waals surface area contributed by atoms with Gasteiger partial charge in [0.15, 0.2) is 11.5 Å². The average Bonchev–Trinajstić information content (AvgIpc) is 3.47. The molecule has 2 bridgehead atoms. The Hall–Kier alpha value is -2.68. The molecule has 7 rings (SSSR count). The van der Waals surface area contributed by atoms with E-state index in [4.69, 9.17) is 19.9 Å². The summed E-state index contributed by atoms with van der Waals surface area (Å²) in [4.78, 5) is 31.0. The molecule has 2 saturated carbocycles. The van der Waals surface area contributed by atoms with E-state index in [1.54, 1.807) is 0 Å². The van der Waals surface area contributed by atoms with E-state index >= 15 is 0 Å². The number of anilines is 1. The molecule has 9 heteroatoms. The summed E-state index contributed by atoms with van der Waals surface area (Å²) in [5.74, 6) is -0.774. The number of aromatic nitrogens is 3. The third kappa shape index (κ3) is 3.23. The molecule has 0 radical (unpaired) electrons. The molecule has 5 fully saturated rings. The highest BCUT2D eigenvalue weighted by Crippen LogP contribution is 2.57. The molecule has 1 atom stereocenters. The minimum atomic E-state index is -0.811. The van der Waals surface area contributed by atoms with E-state index < -0.39 is 11.6 Å². The van der Waals surface area contributed by atoms with Crippen molar-refractivity contribution >= 4 is 23.2 Å². The fraction of sp³-hybridized carbons (Fsp3) is 0.680. The molecule has 34 heavy (non-hydrogen) atoms. The van der Waals surface area contributed by atoms with Crippen LogP contribution in [0.5, 0.6) is 0 Å². The number of aliphatic carboxylic acids is 1. The lowest BCUT2D eigenvalue weighted by Crippen LogP contribution is -2.60. The minimum Gasteiger partial charge on any atom is -0.481 e. The van der Waals surface area contributed by atoms with Gasteiger partial charge in [-0.1, -0.05) is 13.8 Å². The number of pyridine rings is 1. The van der Waals surface area contributed by atoms with Crippen LogP contribution in [0.4, 0.5) is 5.69 Å². The number of carbonyl (C=O) groups is 2. The van der Waals surface area contributed by atoms with E-state index in [9.17, 15) is 9.59 Å². The minimum absolute atomic E-state index is 0.0512. The number of hydrogen-bond donors (Lipinski definition) is 2. The molecule has 2 N–H and O–H groups in total. The van der Waals surface area contributed by atoms with Crippen molar-refractivity contribution in [1.29, 1.82) is 0 Å². The van der Waals surface area contributed by atoms with Crippen LogP contribution in [0.15, 0.2) is 12.3 Å². The van der Waals surface area contributed by atoms with Gasteiger partial charge in [0.1, 0.15) is 5.60 Å². The first-order valence-electron chi connectivity index (χ1n) is 12.4. The molecule has 2 aromatic heterocycles. The fourth-order valence-corrected chi connectivity index (χ4v) is 6.30. The molecule has 5 aliphatic rings. The molecular weight excluding hydrogens is 434 g/mol. The van der Waals surface area contributed by atoms with Crippen LogP contribution >= 0.6 is 0 Å². The number of fused-ring (bicyclic) bond motifs is 2. The molecule has 9 nitrogen and oxygen atoms in total. The highest BCUT2D eigenvalue weighted by atomic mass is 16.5. The lowest BCUT2D eigenvalue weighted by Gasteiger charge is -2.44. The summed E-state index contributed by atoms with van der Waals surface area (Å²) < 4.78 is 8.07. The first kappa shape index (κ1) is 21.8. The number of carboxylic acids is 1.